The predicted molar refractivity (Wildman–Crippen MR) is 101 cm³/mol. The van der Waals surface area contributed by atoms with E-state index in [2.05, 4.69) is 0 Å². The minimum Gasteiger partial charge on any atom is -0.486 e. The van der Waals surface area contributed by atoms with E-state index in [0.29, 0.717) is 13.0 Å². The van der Waals surface area contributed by atoms with Crippen LogP contribution in [-0.4, -0.2) is 71.9 Å². The van der Waals surface area contributed by atoms with Gasteiger partial charge in [0.15, 0.2) is 0 Å². The van der Waals surface area contributed by atoms with Gasteiger partial charge in [-0.1, -0.05) is 0 Å². The summed E-state index contributed by atoms with van der Waals surface area (Å²) in [5.74, 6) is -12.2. The molecule has 202 valence electrons. The fourth-order valence-corrected chi connectivity index (χ4v) is 2.93. The summed E-state index contributed by atoms with van der Waals surface area (Å²) in [6.07, 6.45) is -12.6. The third kappa shape index (κ3) is 6.30. The van der Waals surface area contributed by atoms with Gasteiger partial charge in [0.25, 0.3) is 17.7 Å². The molecule has 0 spiro atoms. The lowest BCUT2D eigenvalue weighted by Crippen LogP contribution is -2.63. The summed E-state index contributed by atoms with van der Waals surface area (Å²) < 4.78 is 121. The Hall–Kier alpha value is -3.24. The van der Waals surface area contributed by atoms with E-state index in [1.54, 1.807) is 5.32 Å². The first kappa shape index (κ1) is 29.0. The maximum atomic E-state index is 13.7. The number of halogens is 9. The molecule has 0 aliphatic carbocycles. The quantitative estimate of drug-likeness (QED) is 0.379. The highest BCUT2D eigenvalue weighted by molar-refractivity contribution is 6.10. The highest BCUT2D eigenvalue weighted by atomic mass is 19.4. The molecule has 8 nitrogen and oxygen atoms in total. The standard InChI is InChI=1S/C19H18F9N3O5/c1-8-12(30-15(34)16(2,35)14(33)29-6-17(21,22)19(26,27)28)13(32)31(7-18(23,24)25)10-5-9(20)3-4-11(10)36-8/h3-5,8,12,35H,6-7H2,1-2H3,(H,29,33)(H,30,34)/t8-,12+,16+/m1/s1. The lowest BCUT2D eigenvalue weighted by Gasteiger charge is -2.30. The second kappa shape index (κ2) is 9.67. The first-order valence-electron chi connectivity index (χ1n) is 9.78. The second-order valence-electron chi connectivity index (χ2n) is 7.88. The molecule has 0 bridgehead atoms. The van der Waals surface area contributed by atoms with Crippen LogP contribution in [0.5, 0.6) is 5.75 Å². The van der Waals surface area contributed by atoms with Gasteiger partial charge >= 0.3 is 18.3 Å². The van der Waals surface area contributed by atoms with Gasteiger partial charge < -0.3 is 20.5 Å². The molecule has 0 unspecified atom stereocenters. The number of amides is 3. The number of anilines is 1. The van der Waals surface area contributed by atoms with Gasteiger partial charge in [0.05, 0.1) is 12.2 Å². The van der Waals surface area contributed by atoms with Crippen molar-refractivity contribution >= 4 is 23.4 Å². The lowest BCUT2D eigenvalue weighted by molar-refractivity contribution is -0.278. The zero-order valence-corrected chi connectivity index (χ0v) is 18.2. The van der Waals surface area contributed by atoms with Gasteiger partial charge in [0.1, 0.15) is 30.3 Å². The molecular weight excluding hydrogens is 521 g/mol. The number of rotatable bonds is 6. The fraction of sp³-hybridized carbons (Fsp3) is 0.526. The molecule has 1 aliphatic rings. The minimum absolute atomic E-state index is 0.0333. The Bertz CT molecular complexity index is 1030. The van der Waals surface area contributed by atoms with Gasteiger partial charge in [-0.25, -0.2) is 4.39 Å². The van der Waals surface area contributed by atoms with Crippen LogP contribution in [0.15, 0.2) is 18.2 Å². The summed E-state index contributed by atoms with van der Waals surface area (Å²) in [4.78, 5) is 37.4. The molecule has 3 atom stereocenters. The molecular formula is C19H18F9N3O5. The zero-order chi connectivity index (χ0) is 27.9. The van der Waals surface area contributed by atoms with Crippen LogP contribution in [0.2, 0.25) is 0 Å². The summed E-state index contributed by atoms with van der Waals surface area (Å²) in [5, 5.41) is 12.9. The van der Waals surface area contributed by atoms with Crippen LogP contribution in [-0.2, 0) is 14.4 Å². The number of hydrogen-bond acceptors (Lipinski definition) is 5. The molecule has 3 amide bonds. The number of nitrogens with one attached hydrogen (secondary N) is 2. The van der Waals surface area contributed by atoms with Crippen molar-refractivity contribution in [1.29, 1.82) is 0 Å². The summed E-state index contributed by atoms with van der Waals surface area (Å²) in [5.41, 5.74) is -4.01. The summed E-state index contributed by atoms with van der Waals surface area (Å²) in [6, 6.07) is 0.227. The molecule has 1 aromatic rings. The van der Waals surface area contributed by atoms with Crippen molar-refractivity contribution in [1.82, 2.24) is 10.6 Å². The van der Waals surface area contributed by atoms with Crippen molar-refractivity contribution in [2.45, 2.75) is 49.9 Å². The summed E-state index contributed by atoms with van der Waals surface area (Å²) >= 11 is 0. The molecule has 1 aromatic carbocycles. The van der Waals surface area contributed by atoms with Gasteiger partial charge in [-0.15, -0.1) is 0 Å². The average molecular weight is 539 g/mol. The van der Waals surface area contributed by atoms with Crippen LogP contribution in [0.4, 0.5) is 45.2 Å². The molecule has 1 aliphatic heterocycles. The van der Waals surface area contributed by atoms with Crippen molar-refractivity contribution in [2.24, 2.45) is 0 Å². The van der Waals surface area contributed by atoms with Crippen molar-refractivity contribution in [3.05, 3.63) is 24.0 Å². The fourth-order valence-electron chi connectivity index (χ4n) is 2.93. The van der Waals surface area contributed by atoms with Gasteiger partial charge in [-0.3, -0.25) is 19.3 Å². The van der Waals surface area contributed by atoms with Crippen LogP contribution in [0.25, 0.3) is 0 Å². The van der Waals surface area contributed by atoms with E-state index in [4.69, 9.17) is 4.74 Å². The van der Waals surface area contributed by atoms with Gasteiger partial charge in [0.2, 0.25) is 5.60 Å². The number of carbonyl (C=O) groups is 3. The summed E-state index contributed by atoms with van der Waals surface area (Å²) in [6.45, 7) is -2.84. The molecule has 17 heteroatoms. The molecule has 0 saturated carbocycles. The van der Waals surface area contributed by atoms with Gasteiger partial charge in [-0.05, 0) is 26.0 Å². The van der Waals surface area contributed by atoms with E-state index in [9.17, 15) is 59.0 Å². The van der Waals surface area contributed by atoms with Crippen LogP contribution >= 0.6 is 0 Å². The van der Waals surface area contributed by atoms with E-state index in [1.165, 1.54) is 0 Å². The monoisotopic (exact) mass is 539 g/mol. The number of ether oxygens (including phenoxy) is 1. The SMILES string of the molecule is C[C@H]1Oc2ccc(F)cc2N(CC(F)(F)F)C(=O)[C@H]1NC(=O)[C@@](C)(O)C(=O)NCC(F)(F)C(F)(F)F. The Labute approximate surface area is 196 Å². The van der Waals surface area contributed by atoms with Crippen LogP contribution in [0.1, 0.15) is 13.8 Å². The molecule has 36 heavy (non-hydrogen) atoms. The summed E-state index contributed by atoms with van der Waals surface area (Å²) in [7, 11) is 0. The Morgan fingerprint density at radius 1 is 1.08 bits per heavy atom. The van der Waals surface area contributed by atoms with Gasteiger partial charge in [-0.2, -0.15) is 35.1 Å². The van der Waals surface area contributed by atoms with E-state index >= 15 is 0 Å². The Morgan fingerprint density at radius 3 is 2.19 bits per heavy atom. The first-order chi connectivity index (χ1) is 16.2. The van der Waals surface area contributed by atoms with Crippen LogP contribution in [0.3, 0.4) is 0 Å². The molecule has 1 heterocycles. The van der Waals surface area contributed by atoms with E-state index in [-0.39, 0.29) is 4.90 Å². The van der Waals surface area contributed by atoms with Crippen molar-refractivity contribution < 1.29 is 63.7 Å². The van der Waals surface area contributed by atoms with E-state index in [0.717, 1.165) is 24.4 Å². The van der Waals surface area contributed by atoms with Crippen LogP contribution in [0, 0.1) is 5.82 Å². The smallest absolute Gasteiger partial charge is 0.455 e. The molecule has 2 rings (SSSR count). The largest absolute Gasteiger partial charge is 0.486 e. The number of benzene rings is 1. The molecule has 0 saturated heterocycles. The average Bonchev–Trinajstić information content (AvgIpc) is 2.80. The Morgan fingerprint density at radius 2 is 1.67 bits per heavy atom. The second-order valence-corrected chi connectivity index (χ2v) is 7.88. The number of hydrogen-bond donors (Lipinski definition) is 3. The molecule has 0 aromatic heterocycles. The van der Waals surface area contributed by atoms with Crippen molar-refractivity contribution in [2.75, 3.05) is 18.0 Å². The van der Waals surface area contributed by atoms with Crippen LogP contribution < -0.4 is 20.3 Å². The topological polar surface area (TPSA) is 108 Å². The predicted octanol–water partition coefficient (Wildman–Crippen LogP) is 2.05. The lowest BCUT2D eigenvalue weighted by atomic mass is 10.0. The number of alkyl halides is 8. The van der Waals surface area contributed by atoms with Gasteiger partial charge in [0, 0.05) is 6.07 Å². The maximum absolute atomic E-state index is 13.7. The highest BCUT2D eigenvalue weighted by Crippen LogP contribution is 2.36. The third-order valence-corrected chi connectivity index (χ3v) is 4.92. The highest BCUT2D eigenvalue weighted by Gasteiger charge is 2.58. The number of fused-ring (bicyclic) bond motifs is 1. The molecule has 3 N–H and O–H groups in total. The minimum atomic E-state index is -6.07. The first-order valence-corrected chi connectivity index (χ1v) is 9.78. The molecule has 0 radical (unpaired) electrons. The number of carbonyl (C=O) groups excluding carboxylic acids is 3. The number of nitrogens with zero attached hydrogens (tertiary/aromatic N) is 1. The Kier molecular flexibility index (Phi) is 7.78. The molecule has 0 fully saturated rings. The van der Waals surface area contributed by atoms with E-state index in [1.807, 2.05) is 0 Å². The normalized spacial score (nSPS) is 20.6. The number of aliphatic hydroxyl groups is 1. The zero-order valence-electron chi connectivity index (χ0n) is 18.2. The third-order valence-electron chi connectivity index (χ3n) is 4.92. The van der Waals surface area contributed by atoms with Crippen molar-refractivity contribution in [3.8, 4) is 5.75 Å². The van der Waals surface area contributed by atoms with E-state index < -0.39 is 84.1 Å². The maximum Gasteiger partial charge on any atom is 0.455 e. The Balaban J connectivity index is 2.29. The van der Waals surface area contributed by atoms with Crippen molar-refractivity contribution in [3.63, 3.8) is 0 Å².